The second-order valence-corrected chi connectivity index (χ2v) is 3.81. The zero-order valence-electron chi connectivity index (χ0n) is 8.96. The van der Waals surface area contributed by atoms with E-state index in [0.717, 1.165) is 16.9 Å². The smallest absolute Gasteiger partial charge is 0.153 e. The predicted octanol–water partition coefficient (Wildman–Crippen LogP) is 2.70. The van der Waals surface area contributed by atoms with Gasteiger partial charge in [0.1, 0.15) is 0 Å². The summed E-state index contributed by atoms with van der Waals surface area (Å²) in [5.41, 5.74) is 4.22. The Morgan fingerprint density at radius 3 is 2.62 bits per heavy atom. The highest BCUT2D eigenvalue weighted by molar-refractivity contribution is 5.60. The number of nitrogens with zero attached hydrogens (tertiary/aromatic N) is 3. The first-order chi connectivity index (χ1) is 7.83. The van der Waals surface area contributed by atoms with Gasteiger partial charge in [-0.3, -0.25) is 0 Å². The fraction of sp³-hybridized carbons (Fsp3) is 0.0769. The minimum absolute atomic E-state index is 0.871. The number of imidazole rings is 1. The quantitative estimate of drug-likeness (QED) is 0.616. The molecule has 0 aliphatic rings. The van der Waals surface area contributed by atoms with Gasteiger partial charge < -0.3 is 0 Å². The molecule has 3 heteroatoms. The summed E-state index contributed by atoms with van der Waals surface area (Å²) in [7, 11) is 0. The van der Waals surface area contributed by atoms with Gasteiger partial charge in [-0.05, 0) is 19.1 Å². The van der Waals surface area contributed by atoms with Crippen LogP contribution in [0.4, 0.5) is 0 Å². The lowest BCUT2D eigenvalue weighted by atomic mass is 10.1. The van der Waals surface area contributed by atoms with Crippen molar-refractivity contribution < 1.29 is 0 Å². The summed E-state index contributed by atoms with van der Waals surface area (Å²) in [4.78, 5) is 4.17. The first kappa shape index (κ1) is 9.09. The number of hydrogen-bond acceptors (Lipinski definition) is 2. The summed E-state index contributed by atoms with van der Waals surface area (Å²) in [5, 5.41) is 4.49. The predicted molar refractivity (Wildman–Crippen MR) is 63.2 cm³/mol. The second kappa shape index (κ2) is 3.45. The Kier molecular flexibility index (Phi) is 1.96. The normalized spacial score (nSPS) is 10.8. The molecule has 0 spiro atoms. The van der Waals surface area contributed by atoms with E-state index in [1.54, 1.807) is 10.7 Å². The molecule has 2 heterocycles. The molecule has 1 aromatic carbocycles. The van der Waals surface area contributed by atoms with Crippen LogP contribution in [0.2, 0.25) is 0 Å². The van der Waals surface area contributed by atoms with Gasteiger partial charge in [0.2, 0.25) is 0 Å². The largest absolute Gasteiger partial charge is 0.236 e. The fourth-order valence-electron chi connectivity index (χ4n) is 1.69. The van der Waals surface area contributed by atoms with Crippen molar-refractivity contribution in [3.05, 3.63) is 54.4 Å². The van der Waals surface area contributed by atoms with Gasteiger partial charge in [-0.2, -0.15) is 5.10 Å². The van der Waals surface area contributed by atoms with Crippen molar-refractivity contribution in [2.45, 2.75) is 6.92 Å². The van der Waals surface area contributed by atoms with Crippen molar-refractivity contribution in [3.8, 4) is 11.3 Å². The molecule has 0 N–H and O–H groups in total. The number of aromatic nitrogens is 3. The lowest BCUT2D eigenvalue weighted by Gasteiger charge is -2.01. The molecule has 0 unspecified atom stereocenters. The Labute approximate surface area is 93.4 Å². The van der Waals surface area contributed by atoms with E-state index in [0.29, 0.717) is 0 Å². The van der Waals surface area contributed by atoms with Gasteiger partial charge in [-0.1, -0.05) is 29.8 Å². The van der Waals surface area contributed by atoms with Crippen LogP contribution in [0.1, 0.15) is 5.56 Å². The van der Waals surface area contributed by atoms with Crippen molar-refractivity contribution in [1.82, 2.24) is 14.6 Å². The first-order valence-electron chi connectivity index (χ1n) is 5.20. The summed E-state index contributed by atoms with van der Waals surface area (Å²) in [6.07, 6.45) is 3.61. The number of rotatable bonds is 1. The average molecular weight is 209 g/mol. The first-order valence-corrected chi connectivity index (χ1v) is 5.20. The molecule has 16 heavy (non-hydrogen) atoms. The van der Waals surface area contributed by atoms with Crippen molar-refractivity contribution in [1.29, 1.82) is 0 Å². The van der Waals surface area contributed by atoms with Crippen LogP contribution < -0.4 is 0 Å². The van der Waals surface area contributed by atoms with Gasteiger partial charge in [0.15, 0.2) is 5.65 Å². The van der Waals surface area contributed by atoms with E-state index < -0.39 is 0 Å². The highest BCUT2D eigenvalue weighted by Crippen LogP contribution is 2.17. The maximum atomic E-state index is 4.49. The molecule has 0 aliphatic heterocycles. The number of aryl methyl sites for hydroxylation is 1. The Morgan fingerprint density at radius 1 is 1.00 bits per heavy atom. The minimum Gasteiger partial charge on any atom is -0.236 e. The van der Waals surface area contributed by atoms with Crippen LogP contribution in [0.5, 0.6) is 0 Å². The third-order valence-electron chi connectivity index (χ3n) is 2.60. The molecule has 0 saturated heterocycles. The highest BCUT2D eigenvalue weighted by Gasteiger charge is 2.01. The van der Waals surface area contributed by atoms with Crippen molar-refractivity contribution in [2.75, 3.05) is 0 Å². The summed E-state index contributed by atoms with van der Waals surface area (Å²) in [6, 6.07) is 12.3. The molecule has 0 aliphatic carbocycles. The molecule has 0 saturated carbocycles. The minimum atomic E-state index is 0.871. The molecule has 3 nitrogen and oxygen atoms in total. The maximum absolute atomic E-state index is 4.49. The van der Waals surface area contributed by atoms with Gasteiger partial charge in [0, 0.05) is 18.0 Å². The Hall–Kier alpha value is -2.16. The zero-order chi connectivity index (χ0) is 11.0. The SMILES string of the molecule is Cc1ccc(-c2ccc3nccn3n2)cc1. The lowest BCUT2D eigenvalue weighted by molar-refractivity contribution is 0.942. The Morgan fingerprint density at radius 2 is 1.81 bits per heavy atom. The highest BCUT2D eigenvalue weighted by atomic mass is 15.2. The van der Waals surface area contributed by atoms with E-state index in [4.69, 9.17) is 0 Å². The molecule has 2 aromatic heterocycles. The van der Waals surface area contributed by atoms with Crippen LogP contribution in [-0.4, -0.2) is 14.6 Å². The number of fused-ring (bicyclic) bond motifs is 1. The summed E-state index contributed by atoms with van der Waals surface area (Å²) in [6.45, 7) is 2.08. The molecule has 0 atom stereocenters. The number of hydrogen-bond donors (Lipinski definition) is 0. The molecule has 0 radical (unpaired) electrons. The maximum Gasteiger partial charge on any atom is 0.153 e. The van der Waals surface area contributed by atoms with Gasteiger partial charge in [0.05, 0.1) is 5.69 Å². The van der Waals surface area contributed by atoms with E-state index in [-0.39, 0.29) is 0 Å². The molecule has 78 valence electrons. The molecule has 0 bridgehead atoms. The Balaban J connectivity index is 2.14. The zero-order valence-corrected chi connectivity index (χ0v) is 8.96. The Bertz CT molecular complexity index is 623. The topological polar surface area (TPSA) is 30.2 Å². The van der Waals surface area contributed by atoms with E-state index in [9.17, 15) is 0 Å². The van der Waals surface area contributed by atoms with Crippen LogP contribution in [0, 0.1) is 6.92 Å². The average Bonchev–Trinajstić information content (AvgIpc) is 2.77. The summed E-state index contributed by atoms with van der Waals surface area (Å²) in [5.74, 6) is 0. The monoisotopic (exact) mass is 209 g/mol. The van der Waals surface area contributed by atoms with Gasteiger partial charge in [-0.25, -0.2) is 9.50 Å². The van der Waals surface area contributed by atoms with E-state index in [2.05, 4.69) is 41.3 Å². The van der Waals surface area contributed by atoms with Crippen LogP contribution in [0.25, 0.3) is 16.9 Å². The van der Waals surface area contributed by atoms with E-state index in [1.807, 2.05) is 18.3 Å². The summed E-state index contributed by atoms with van der Waals surface area (Å²) < 4.78 is 1.79. The van der Waals surface area contributed by atoms with Crippen molar-refractivity contribution in [2.24, 2.45) is 0 Å². The van der Waals surface area contributed by atoms with Crippen molar-refractivity contribution >= 4 is 5.65 Å². The molecule has 3 aromatic rings. The van der Waals surface area contributed by atoms with Crippen LogP contribution in [0.15, 0.2) is 48.8 Å². The molecule has 3 rings (SSSR count). The van der Waals surface area contributed by atoms with Crippen LogP contribution in [-0.2, 0) is 0 Å². The van der Waals surface area contributed by atoms with Gasteiger partial charge >= 0.3 is 0 Å². The van der Waals surface area contributed by atoms with Crippen LogP contribution in [0.3, 0.4) is 0 Å². The van der Waals surface area contributed by atoms with E-state index >= 15 is 0 Å². The standard InChI is InChI=1S/C13H11N3/c1-10-2-4-11(5-3-10)12-6-7-13-14-8-9-16(13)15-12/h2-9H,1H3. The lowest BCUT2D eigenvalue weighted by Crippen LogP contribution is -1.92. The third kappa shape index (κ3) is 1.46. The third-order valence-corrected chi connectivity index (χ3v) is 2.60. The van der Waals surface area contributed by atoms with Gasteiger partial charge in [0.25, 0.3) is 0 Å². The van der Waals surface area contributed by atoms with Gasteiger partial charge in [-0.15, -0.1) is 0 Å². The molecular weight excluding hydrogens is 198 g/mol. The molecule has 0 amide bonds. The molecular formula is C13H11N3. The second-order valence-electron chi connectivity index (χ2n) is 3.81. The van der Waals surface area contributed by atoms with Crippen molar-refractivity contribution in [3.63, 3.8) is 0 Å². The summed E-state index contributed by atoms with van der Waals surface area (Å²) >= 11 is 0. The van der Waals surface area contributed by atoms with E-state index in [1.165, 1.54) is 5.56 Å². The van der Waals surface area contributed by atoms with Crippen LogP contribution >= 0.6 is 0 Å². The fourth-order valence-corrected chi connectivity index (χ4v) is 1.69. The molecule has 0 fully saturated rings. The number of benzene rings is 1.